The summed E-state index contributed by atoms with van der Waals surface area (Å²) in [6.45, 7) is 0. The van der Waals surface area contributed by atoms with Crippen LogP contribution in [0.2, 0.25) is 0 Å². The predicted octanol–water partition coefficient (Wildman–Crippen LogP) is 2.93. The molecule has 14 heavy (non-hydrogen) atoms. The Morgan fingerprint density at radius 3 is 2.71 bits per heavy atom. The number of rotatable bonds is 2. The molecule has 0 fully saturated rings. The topological polar surface area (TPSA) is 17.1 Å². The van der Waals surface area contributed by atoms with Crippen LogP contribution in [0.15, 0.2) is 16.6 Å². The van der Waals surface area contributed by atoms with Gasteiger partial charge in [0.05, 0.1) is 10.9 Å². The van der Waals surface area contributed by atoms with Gasteiger partial charge in [-0.3, -0.25) is 4.79 Å². The molecule has 0 spiro atoms. The molecule has 0 N–H and O–H groups in total. The quantitative estimate of drug-likeness (QED) is 0.453. The molecule has 1 nitrogen and oxygen atoms in total. The molecule has 0 amide bonds. The summed E-state index contributed by atoms with van der Waals surface area (Å²) in [5.41, 5.74) is 0.0573. The fourth-order valence-corrected chi connectivity index (χ4v) is 1.47. The molecule has 0 heterocycles. The van der Waals surface area contributed by atoms with Gasteiger partial charge in [-0.2, -0.15) is 0 Å². The maximum atomic E-state index is 13.0. The molecule has 0 aliphatic carbocycles. The van der Waals surface area contributed by atoms with E-state index in [2.05, 4.69) is 21.9 Å². The van der Waals surface area contributed by atoms with Crippen molar-refractivity contribution in [3.8, 4) is 12.3 Å². The molecule has 0 radical (unpaired) electrons. The smallest absolute Gasteiger partial charge is 0.175 e. The summed E-state index contributed by atoms with van der Waals surface area (Å²) in [5.74, 6) is -0.359. The van der Waals surface area contributed by atoms with Gasteiger partial charge in [-0.1, -0.05) is 5.92 Å². The van der Waals surface area contributed by atoms with Crippen molar-refractivity contribution in [3.05, 3.63) is 33.8 Å². The number of hydrogen-bond acceptors (Lipinski definition) is 1. The molecular weight excluding hydrogens is 254 g/mol. The van der Waals surface area contributed by atoms with Crippen LogP contribution >= 0.6 is 15.9 Å². The summed E-state index contributed by atoms with van der Waals surface area (Å²) in [6, 6.07) is 2.09. The standard InChI is InChI=1S/C10H5BrF2O/c1-2-3-8(14)6-4-5-7(12)10(13)9(6)11/h1,4-5H,3H2. The fraction of sp³-hybridized carbons (Fsp3) is 0.100. The largest absolute Gasteiger partial charge is 0.293 e. The van der Waals surface area contributed by atoms with Crippen molar-refractivity contribution in [2.24, 2.45) is 0 Å². The lowest BCUT2D eigenvalue weighted by atomic mass is 10.1. The highest BCUT2D eigenvalue weighted by molar-refractivity contribution is 9.10. The van der Waals surface area contributed by atoms with Crippen LogP contribution in [0.5, 0.6) is 0 Å². The number of carbonyl (C=O) groups excluding carboxylic acids is 1. The molecule has 0 aliphatic rings. The minimum Gasteiger partial charge on any atom is -0.293 e. The van der Waals surface area contributed by atoms with Gasteiger partial charge in [0.15, 0.2) is 17.4 Å². The molecule has 72 valence electrons. The zero-order valence-electron chi connectivity index (χ0n) is 6.98. The van der Waals surface area contributed by atoms with E-state index in [1.165, 1.54) is 6.07 Å². The summed E-state index contributed by atoms with van der Waals surface area (Å²) < 4.78 is 25.4. The van der Waals surface area contributed by atoms with Crippen molar-refractivity contribution in [2.75, 3.05) is 0 Å². The molecule has 0 atom stereocenters. The van der Waals surface area contributed by atoms with Crippen molar-refractivity contribution in [1.29, 1.82) is 0 Å². The van der Waals surface area contributed by atoms with Gasteiger partial charge < -0.3 is 0 Å². The van der Waals surface area contributed by atoms with E-state index in [1.807, 2.05) is 0 Å². The van der Waals surface area contributed by atoms with Crippen LogP contribution in [0.25, 0.3) is 0 Å². The lowest BCUT2D eigenvalue weighted by molar-refractivity contribution is 0.0997. The van der Waals surface area contributed by atoms with Gasteiger partial charge in [0, 0.05) is 5.56 Å². The number of benzene rings is 1. The van der Waals surface area contributed by atoms with Crippen LogP contribution in [-0.4, -0.2) is 5.78 Å². The van der Waals surface area contributed by atoms with Crippen molar-refractivity contribution < 1.29 is 13.6 Å². The second-order valence-electron chi connectivity index (χ2n) is 2.53. The lowest BCUT2D eigenvalue weighted by Crippen LogP contribution is -2.01. The monoisotopic (exact) mass is 258 g/mol. The molecule has 0 bridgehead atoms. The van der Waals surface area contributed by atoms with E-state index in [-0.39, 0.29) is 16.5 Å². The molecule has 1 rings (SSSR count). The first-order valence-electron chi connectivity index (χ1n) is 3.68. The van der Waals surface area contributed by atoms with Gasteiger partial charge in [-0.05, 0) is 28.1 Å². The van der Waals surface area contributed by atoms with Crippen LogP contribution in [0, 0.1) is 24.0 Å². The third-order valence-corrected chi connectivity index (χ3v) is 2.37. The Balaban J connectivity index is 3.19. The molecule has 0 aromatic heterocycles. The van der Waals surface area contributed by atoms with Crippen LogP contribution < -0.4 is 0 Å². The highest BCUT2D eigenvalue weighted by atomic mass is 79.9. The molecule has 1 aromatic rings. The van der Waals surface area contributed by atoms with Gasteiger partial charge >= 0.3 is 0 Å². The van der Waals surface area contributed by atoms with Gasteiger partial charge in [0.25, 0.3) is 0 Å². The highest BCUT2D eigenvalue weighted by Crippen LogP contribution is 2.23. The normalized spacial score (nSPS) is 9.57. The predicted molar refractivity (Wildman–Crippen MR) is 51.8 cm³/mol. The van der Waals surface area contributed by atoms with E-state index in [9.17, 15) is 13.6 Å². The first-order valence-corrected chi connectivity index (χ1v) is 4.47. The first kappa shape index (κ1) is 10.9. The highest BCUT2D eigenvalue weighted by Gasteiger charge is 2.15. The number of terminal acetylenes is 1. The molecule has 0 aliphatic heterocycles. The van der Waals surface area contributed by atoms with E-state index < -0.39 is 17.4 Å². The minimum atomic E-state index is -1.08. The lowest BCUT2D eigenvalue weighted by Gasteiger charge is -2.02. The number of ketones is 1. The number of hydrogen-bond donors (Lipinski definition) is 0. The number of Topliss-reactive ketones (excluding diaryl/α,β-unsaturated/α-hetero) is 1. The Hall–Kier alpha value is -1.21. The van der Waals surface area contributed by atoms with Crippen LogP contribution in [-0.2, 0) is 0 Å². The van der Waals surface area contributed by atoms with Gasteiger partial charge in [0.2, 0.25) is 0 Å². The molecule has 0 unspecified atom stereocenters. The van der Waals surface area contributed by atoms with Crippen molar-refractivity contribution in [1.82, 2.24) is 0 Å². The maximum absolute atomic E-state index is 13.0. The zero-order chi connectivity index (χ0) is 10.7. The third-order valence-electron chi connectivity index (χ3n) is 1.60. The minimum absolute atomic E-state index is 0.0573. The zero-order valence-corrected chi connectivity index (χ0v) is 8.57. The van der Waals surface area contributed by atoms with Crippen molar-refractivity contribution in [3.63, 3.8) is 0 Å². The molecule has 1 aromatic carbocycles. The summed E-state index contributed by atoms with van der Waals surface area (Å²) in [4.78, 5) is 11.3. The van der Waals surface area contributed by atoms with E-state index >= 15 is 0 Å². The molecule has 4 heteroatoms. The third kappa shape index (κ3) is 1.99. The average molecular weight is 259 g/mol. The van der Waals surface area contributed by atoms with E-state index in [0.29, 0.717) is 0 Å². The Labute approximate surface area is 88.3 Å². The summed E-state index contributed by atoms with van der Waals surface area (Å²) in [5, 5.41) is 0. The van der Waals surface area contributed by atoms with Crippen molar-refractivity contribution >= 4 is 21.7 Å². The van der Waals surface area contributed by atoms with E-state index in [4.69, 9.17) is 6.42 Å². The first-order chi connectivity index (χ1) is 6.57. The van der Waals surface area contributed by atoms with Gasteiger partial charge in [0.1, 0.15) is 0 Å². The average Bonchev–Trinajstić information content (AvgIpc) is 2.15. The number of halogens is 3. The van der Waals surface area contributed by atoms with E-state index in [1.54, 1.807) is 0 Å². The van der Waals surface area contributed by atoms with Gasteiger partial charge in [-0.15, -0.1) is 6.42 Å². The van der Waals surface area contributed by atoms with Crippen LogP contribution in [0.4, 0.5) is 8.78 Å². The number of carbonyl (C=O) groups is 1. The van der Waals surface area contributed by atoms with Gasteiger partial charge in [-0.25, -0.2) is 8.78 Å². The second kappa shape index (κ2) is 4.34. The SMILES string of the molecule is C#CCC(=O)c1ccc(F)c(F)c1Br. The Kier molecular flexibility index (Phi) is 3.37. The Morgan fingerprint density at radius 1 is 1.50 bits per heavy atom. The van der Waals surface area contributed by atoms with E-state index in [0.717, 1.165) is 6.07 Å². The fourth-order valence-electron chi connectivity index (χ4n) is 0.929. The van der Waals surface area contributed by atoms with Crippen LogP contribution in [0.3, 0.4) is 0 Å². The molecule has 0 saturated carbocycles. The summed E-state index contributed by atoms with van der Waals surface area (Å²) in [6.07, 6.45) is 4.80. The summed E-state index contributed by atoms with van der Waals surface area (Å²) >= 11 is 2.80. The molecule has 0 saturated heterocycles. The summed E-state index contributed by atoms with van der Waals surface area (Å²) in [7, 11) is 0. The second-order valence-corrected chi connectivity index (χ2v) is 3.32. The maximum Gasteiger partial charge on any atom is 0.175 e. The van der Waals surface area contributed by atoms with Crippen LogP contribution in [0.1, 0.15) is 16.8 Å². The molecular formula is C10H5BrF2O. The van der Waals surface area contributed by atoms with Crippen molar-refractivity contribution in [2.45, 2.75) is 6.42 Å². The Bertz CT molecular complexity index is 421. The Morgan fingerprint density at radius 2 is 2.14 bits per heavy atom.